The Morgan fingerprint density at radius 2 is 1.70 bits per heavy atom. The zero-order valence-electron chi connectivity index (χ0n) is 16.1. The van der Waals surface area contributed by atoms with Crippen LogP contribution in [0.3, 0.4) is 0 Å². The molecule has 3 heterocycles. The number of nitriles is 1. The molecule has 2 aromatic heterocycles. The smallest absolute Gasteiger partial charge is 0.368 e. The molecule has 0 amide bonds. The molecule has 1 aliphatic heterocycles. The van der Waals surface area contributed by atoms with Crippen LogP contribution >= 0.6 is 0 Å². The van der Waals surface area contributed by atoms with Crippen LogP contribution in [0.4, 0.5) is 24.7 Å². The normalized spacial score (nSPS) is 14.6. The molecule has 154 valence electrons. The average molecular weight is 413 g/mol. The number of hydrogen-bond acceptors (Lipinski definition) is 6. The number of aromatic nitrogens is 4. The summed E-state index contributed by atoms with van der Waals surface area (Å²) >= 11 is 0. The fourth-order valence-electron chi connectivity index (χ4n) is 3.47. The number of rotatable bonds is 3. The monoisotopic (exact) mass is 413 g/mol. The Kier molecular flexibility index (Phi) is 5.03. The zero-order chi connectivity index (χ0) is 21.3. The second kappa shape index (κ2) is 7.67. The van der Waals surface area contributed by atoms with Crippen molar-refractivity contribution in [2.24, 2.45) is 0 Å². The van der Waals surface area contributed by atoms with E-state index in [1.54, 1.807) is 29.2 Å². The lowest BCUT2D eigenvalue weighted by Crippen LogP contribution is -2.47. The lowest BCUT2D eigenvalue weighted by Gasteiger charge is -2.37. The predicted molar refractivity (Wildman–Crippen MR) is 104 cm³/mol. The first-order valence-corrected chi connectivity index (χ1v) is 9.32. The maximum absolute atomic E-state index is 13.3. The molecular formula is C20H18F3N7. The van der Waals surface area contributed by atoms with Crippen LogP contribution in [-0.4, -0.2) is 45.9 Å². The fraction of sp³-hybridized carbons (Fsp3) is 0.300. The molecule has 0 bridgehead atoms. The van der Waals surface area contributed by atoms with Crippen molar-refractivity contribution in [2.45, 2.75) is 13.1 Å². The Balaban J connectivity index is 1.52. The molecule has 10 heteroatoms. The summed E-state index contributed by atoms with van der Waals surface area (Å²) in [4.78, 5) is 12.9. The Bertz CT molecular complexity index is 1080. The van der Waals surface area contributed by atoms with E-state index >= 15 is 0 Å². The van der Waals surface area contributed by atoms with Crippen LogP contribution in [0.15, 0.2) is 42.7 Å². The predicted octanol–water partition coefficient (Wildman–Crippen LogP) is 3.19. The van der Waals surface area contributed by atoms with Crippen LogP contribution in [-0.2, 0) is 6.18 Å². The van der Waals surface area contributed by atoms with Gasteiger partial charge in [0.25, 0.3) is 0 Å². The van der Waals surface area contributed by atoms with Gasteiger partial charge in [-0.2, -0.15) is 23.5 Å². The van der Waals surface area contributed by atoms with E-state index in [4.69, 9.17) is 5.26 Å². The summed E-state index contributed by atoms with van der Waals surface area (Å²) in [5.74, 6) is 2.03. The van der Waals surface area contributed by atoms with Gasteiger partial charge in [0.15, 0.2) is 5.82 Å². The molecule has 0 N–H and O–H groups in total. The molecule has 3 aromatic rings. The fourth-order valence-corrected chi connectivity index (χ4v) is 3.47. The minimum atomic E-state index is -4.57. The van der Waals surface area contributed by atoms with Crippen molar-refractivity contribution < 1.29 is 13.2 Å². The molecule has 1 aromatic carbocycles. The van der Waals surface area contributed by atoms with E-state index in [0.717, 1.165) is 11.9 Å². The molecular weight excluding hydrogens is 395 g/mol. The highest BCUT2D eigenvalue weighted by atomic mass is 19.4. The molecule has 0 radical (unpaired) electrons. The van der Waals surface area contributed by atoms with Gasteiger partial charge in [0.2, 0.25) is 0 Å². The van der Waals surface area contributed by atoms with Gasteiger partial charge in [-0.05, 0) is 31.2 Å². The molecule has 30 heavy (non-hydrogen) atoms. The van der Waals surface area contributed by atoms with E-state index in [1.165, 1.54) is 6.07 Å². The first kappa shape index (κ1) is 19.7. The largest absolute Gasteiger partial charge is 0.417 e. The first-order chi connectivity index (χ1) is 14.3. The highest BCUT2D eigenvalue weighted by Gasteiger charge is 2.34. The second-order valence-electron chi connectivity index (χ2n) is 6.90. The quantitative estimate of drug-likeness (QED) is 0.657. The summed E-state index contributed by atoms with van der Waals surface area (Å²) in [5.41, 5.74) is -0.815. The standard InChI is InChI=1S/C20H18F3N7/c1-14-26-18(12-19(27-14)30-6-2-5-25-30)29-9-7-28(8-10-29)16-4-3-15(13-24)17(11-16)20(21,22)23/h2-6,11-12H,7-10H2,1H3. The molecule has 0 unspecified atom stereocenters. The maximum Gasteiger partial charge on any atom is 0.417 e. The zero-order valence-corrected chi connectivity index (χ0v) is 16.1. The third-order valence-corrected chi connectivity index (χ3v) is 4.95. The SMILES string of the molecule is Cc1nc(N2CCN(c3ccc(C#N)c(C(F)(F)F)c3)CC2)cc(-n2cccn2)n1. The Morgan fingerprint density at radius 3 is 2.33 bits per heavy atom. The van der Waals surface area contributed by atoms with Crippen molar-refractivity contribution in [3.63, 3.8) is 0 Å². The lowest BCUT2D eigenvalue weighted by molar-refractivity contribution is -0.137. The number of alkyl halides is 3. The summed E-state index contributed by atoms with van der Waals surface area (Å²) in [6, 6.07) is 9.12. The number of nitrogens with zero attached hydrogens (tertiary/aromatic N) is 7. The number of aryl methyl sites for hydroxylation is 1. The minimum Gasteiger partial charge on any atom is -0.368 e. The van der Waals surface area contributed by atoms with Crippen LogP contribution in [0.1, 0.15) is 17.0 Å². The molecule has 1 aliphatic rings. The van der Waals surface area contributed by atoms with Crippen LogP contribution < -0.4 is 9.80 Å². The van der Waals surface area contributed by atoms with Gasteiger partial charge in [-0.3, -0.25) is 0 Å². The van der Waals surface area contributed by atoms with Gasteiger partial charge in [0.1, 0.15) is 11.6 Å². The molecule has 0 spiro atoms. The molecule has 1 fully saturated rings. The number of anilines is 2. The lowest BCUT2D eigenvalue weighted by atomic mass is 10.1. The van der Waals surface area contributed by atoms with E-state index in [0.29, 0.717) is 43.5 Å². The van der Waals surface area contributed by atoms with E-state index < -0.39 is 11.7 Å². The third kappa shape index (κ3) is 3.91. The van der Waals surface area contributed by atoms with Crippen molar-refractivity contribution in [3.8, 4) is 11.9 Å². The van der Waals surface area contributed by atoms with E-state index in [1.807, 2.05) is 24.0 Å². The van der Waals surface area contributed by atoms with Crippen LogP contribution in [0.5, 0.6) is 0 Å². The molecule has 0 aliphatic carbocycles. The molecule has 0 atom stereocenters. The molecule has 0 saturated carbocycles. The molecule has 1 saturated heterocycles. The highest BCUT2D eigenvalue weighted by Crippen LogP contribution is 2.34. The van der Waals surface area contributed by atoms with Gasteiger partial charge in [0, 0.05) is 50.3 Å². The van der Waals surface area contributed by atoms with Gasteiger partial charge in [-0.25, -0.2) is 14.6 Å². The third-order valence-electron chi connectivity index (χ3n) is 4.95. The maximum atomic E-state index is 13.3. The van der Waals surface area contributed by atoms with Gasteiger partial charge in [-0.1, -0.05) is 0 Å². The highest BCUT2D eigenvalue weighted by molar-refractivity contribution is 5.56. The summed E-state index contributed by atoms with van der Waals surface area (Å²) in [5, 5.41) is 13.2. The minimum absolute atomic E-state index is 0.368. The Morgan fingerprint density at radius 1 is 1.00 bits per heavy atom. The number of hydrogen-bond donors (Lipinski definition) is 0. The van der Waals surface area contributed by atoms with Crippen molar-refractivity contribution in [3.05, 3.63) is 59.7 Å². The summed E-state index contributed by atoms with van der Waals surface area (Å²) < 4.78 is 41.4. The topological polar surface area (TPSA) is 73.9 Å². The number of halogens is 3. The van der Waals surface area contributed by atoms with Crippen LogP contribution in [0, 0.1) is 18.3 Å². The van der Waals surface area contributed by atoms with Gasteiger partial charge < -0.3 is 9.80 Å². The number of piperazine rings is 1. The Labute approximate surface area is 171 Å². The average Bonchev–Trinajstić information content (AvgIpc) is 3.27. The molecule has 4 rings (SSSR count). The van der Waals surface area contributed by atoms with E-state index in [2.05, 4.69) is 20.0 Å². The number of benzene rings is 1. The van der Waals surface area contributed by atoms with E-state index in [-0.39, 0.29) is 5.56 Å². The van der Waals surface area contributed by atoms with Crippen molar-refractivity contribution in [1.29, 1.82) is 5.26 Å². The summed E-state index contributed by atoms with van der Waals surface area (Å²) in [6.45, 7) is 4.06. The van der Waals surface area contributed by atoms with Crippen LogP contribution in [0.25, 0.3) is 5.82 Å². The summed E-state index contributed by atoms with van der Waals surface area (Å²) in [6.07, 6.45) is -1.10. The van der Waals surface area contributed by atoms with Gasteiger partial charge >= 0.3 is 6.18 Å². The van der Waals surface area contributed by atoms with Crippen LogP contribution in [0.2, 0.25) is 0 Å². The van der Waals surface area contributed by atoms with Crippen molar-refractivity contribution >= 4 is 11.5 Å². The Hall–Kier alpha value is -3.61. The van der Waals surface area contributed by atoms with Gasteiger partial charge in [-0.15, -0.1) is 0 Å². The first-order valence-electron chi connectivity index (χ1n) is 9.32. The van der Waals surface area contributed by atoms with Gasteiger partial charge in [0.05, 0.1) is 17.2 Å². The summed E-state index contributed by atoms with van der Waals surface area (Å²) in [7, 11) is 0. The van der Waals surface area contributed by atoms with Crippen molar-refractivity contribution in [2.75, 3.05) is 36.0 Å². The van der Waals surface area contributed by atoms with E-state index in [9.17, 15) is 13.2 Å². The van der Waals surface area contributed by atoms with Crippen molar-refractivity contribution in [1.82, 2.24) is 19.7 Å². The molecule has 7 nitrogen and oxygen atoms in total. The second-order valence-corrected chi connectivity index (χ2v) is 6.90.